The summed E-state index contributed by atoms with van der Waals surface area (Å²) < 4.78 is 0. The van der Waals surface area contributed by atoms with E-state index in [1.165, 1.54) is 0 Å². The number of hydrogen-bond acceptors (Lipinski definition) is 5. The van der Waals surface area contributed by atoms with E-state index in [0.29, 0.717) is 13.1 Å². The predicted octanol–water partition coefficient (Wildman–Crippen LogP) is 3.65. The van der Waals surface area contributed by atoms with Gasteiger partial charge >= 0.3 is 0 Å². The number of aliphatic hydroxyl groups is 2. The lowest BCUT2D eigenvalue weighted by Gasteiger charge is -2.23. The second-order valence-corrected chi connectivity index (χ2v) is 6.25. The molecule has 0 aliphatic rings. The average molecular weight is 375 g/mol. The maximum Gasteiger partial charge on any atom is 0.0652 e. The van der Waals surface area contributed by atoms with Crippen LogP contribution < -0.4 is 9.91 Å². The molecule has 0 saturated heterocycles. The van der Waals surface area contributed by atoms with E-state index in [4.69, 9.17) is 5.10 Å². The number of anilines is 3. The molecule has 0 radical (unpaired) electrons. The van der Waals surface area contributed by atoms with Gasteiger partial charge in [-0.15, -0.1) is 0 Å². The quantitative estimate of drug-likeness (QED) is 0.443. The smallest absolute Gasteiger partial charge is 0.0652 e. The van der Waals surface area contributed by atoms with Crippen molar-refractivity contribution in [3.05, 3.63) is 90.5 Å². The highest BCUT2D eigenvalue weighted by atomic mass is 16.3. The Balaban J connectivity index is 1.81. The first-order valence-corrected chi connectivity index (χ1v) is 9.33. The number of rotatable bonds is 9. The summed E-state index contributed by atoms with van der Waals surface area (Å²) in [6.07, 6.45) is 1.83. The lowest BCUT2D eigenvalue weighted by atomic mass is 10.2. The molecule has 3 aromatic carbocycles. The number of para-hydroxylation sites is 2. The second-order valence-electron chi connectivity index (χ2n) is 6.25. The van der Waals surface area contributed by atoms with Crippen molar-refractivity contribution in [1.82, 2.24) is 0 Å². The van der Waals surface area contributed by atoms with Crippen molar-refractivity contribution in [2.24, 2.45) is 5.10 Å². The third-order valence-corrected chi connectivity index (χ3v) is 4.32. The van der Waals surface area contributed by atoms with Crippen LogP contribution in [-0.2, 0) is 0 Å². The third-order valence-electron chi connectivity index (χ3n) is 4.32. The molecule has 0 unspecified atom stereocenters. The molecule has 5 heteroatoms. The monoisotopic (exact) mass is 375 g/mol. The zero-order chi connectivity index (χ0) is 19.6. The van der Waals surface area contributed by atoms with Gasteiger partial charge in [-0.1, -0.05) is 48.5 Å². The number of nitrogens with zero attached hydrogens (tertiary/aromatic N) is 3. The molecule has 28 heavy (non-hydrogen) atoms. The number of hydrogen-bond donors (Lipinski definition) is 2. The van der Waals surface area contributed by atoms with Gasteiger partial charge in [0.25, 0.3) is 0 Å². The number of benzene rings is 3. The molecule has 0 atom stereocenters. The fraction of sp³-hybridized carbons (Fsp3) is 0.174. The van der Waals surface area contributed by atoms with Crippen LogP contribution in [0.25, 0.3) is 0 Å². The number of hydrazone groups is 1. The molecule has 0 aromatic heterocycles. The molecule has 5 nitrogen and oxygen atoms in total. The van der Waals surface area contributed by atoms with Crippen LogP contribution in [0.3, 0.4) is 0 Å². The summed E-state index contributed by atoms with van der Waals surface area (Å²) in [7, 11) is 0. The minimum absolute atomic E-state index is 0.0479. The summed E-state index contributed by atoms with van der Waals surface area (Å²) in [4.78, 5) is 1.95. The highest BCUT2D eigenvalue weighted by molar-refractivity contribution is 5.82. The zero-order valence-corrected chi connectivity index (χ0v) is 15.7. The van der Waals surface area contributed by atoms with E-state index in [-0.39, 0.29) is 13.2 Å². The van der Waals surface area contributed by atoms with Gasteiger partial charge in [0.1, 0.15) is 0 Å². The molecule has 0 fully saturated rings. The van der Waals surface area contributed by atoms with E-state index >= 15 is 0 Å². The van der Waals surface area contributed by atoms with Crippen LogP contribution in [0.4, 0.5) is 17.1 Å². The summed E-state index contributed by atoms with van der Waals surface area (Å²) in [6.45, 7) is 1.08. The van der Waals surface area contributed by atoms with Gasteiger partial charge in [-0.05, 0) is 42.0 Å². The standard InChI is InChI=1S/C23H25N3O2/c27-17-15-25(16-18-28)21-13-11-20(12-14-21)19-24-26(22-7-3-1-4-8-22)23-9-5-2-6-10-23/h1-14,19,27-28H,15-18H2/b24-19+. The molecule has 2 N–H and O–H groups in total. The number of aliphatic hydroxyl groups excluding tert-OH is 2. The molecule has 0 saturated carbocycles. The van der Waals surface area contributed by atoms with E-state index < -0.39 is 0 Å². The first kappa shape index (κ1) is 19.6. The van der Waals surface area contributed by atoms with Gasteiger partial charge in [0.05, 0.1) is 30.8 Å². The van der Waals surface area contributed by atoms with Crippen molar-refractivity contribution in [1.29, 1.82) is 0 Å². The Hall–Kier alpha value is -3.15. The van der Waals surface area contributed by atoms with Gasteiger partial charge < -0.3 is 15.1 Å². The van der Waals surface area contributed by atoms with Crippen molar-refractivity contribution in [3.8, 4) is 0 Å². The Labute approximate surface area is 165 Å². The van der Waals surface area contributed by atoms with Crippen molar-refractivity contribution < 1.29 is 10.2 Å². The molecule has 0 heterocycles. The summed E-state index contributed by atoms with van der Waals surface area (Å²) in [6, 6.07) is 27.9. The second kappa shape index (κ2) is 10.3. The van der Waals surface area contributed by atoms with Crippen molar-refractivity contribution in [3.63, 3.8) is 0 Å². The van der Waals surface area contributed by atoms with Crippen LogP contribution in [0.15, 0.2) is 90.0 Å². The maximum atomic E-state index is 9.19. The minimum Gasteiger partial charge on any atom is -0.395 e. The van der Waals surface area contributed by atoms with Crippen LogP contribution in [0, 0.1) is 0 Å². The SMILES string of the molecule is OCCN(CCO)c1ccc(/C=N/N(c2ccccc2)c2ccccc2)cc1. The molecule has 0 aliphatic heterocycles. The lowest BCUT2D eigenvalue weighted by molar-refractivity contribution is 0.281. The Morgan fingerprint density at radius 3 is 1.61 bits per heavy atom. The van der Waals surface area contributed by atoms with Gasteiger partial charge in [0.2, 0.25) is 0 Å². The Morgan fingerprint density at radius 1 is 0.643 bits per heavy atom. The largest absolute Gasteiger partial charge is 0.395 e. The Morgan fingerprint density at radius 2 is 1.14 bits per heavy atom. The lowest BCUT2D eigenvalue weighted by Crippen LogP contribution is -2.29. The van der Waals surface area contributed by atoms with Crippen LogP contribution >= 0.6 is 0 Å². The Bertz CT molecular complexity index is 807. The molecule has 0 bridgehead atoms. The summed E-state index contributed by atoms with van der Waals surface area (Å²) >= 11 is 0. The van der Waals surface area contributed by atoms with Gasteiger partial charge in [-0.3, -0.25) is 0 Å². The Kier molecular flexibility index (Phi) is 7.18. The first-order chi connectivity index (χ1) is 13.8. The molecular formula is C23H25N3O2. The van der Waals surface area contributed by atoms with Crippen molar-refractivity contribution >= 4 is 23.3 Å². The highest BCUT2D eigenvalue weighted by Crippen LogP contribution is 2.25. The minimum atomic E-state index is 0.0479. The van der Waals surface area contributed by atoms with E-state index in [9.17, 15) is 10.2 Å². The molecule has 0 amide bonds. The topological polar surface area (TPSA) is 59.3 Å². The van der Waals surface area contributed by atoms with Gasteiger partial charge in [-0.25, -0.2) is 5.01 Å². The highest BCUT2D eigenvalue weighted by Gasteiger charge is 2.07. The summed E-state index contributed by atoms with van der Waals surface area (Å²) in [5.41, 5.74) is 3.90. The summed E-state index contributed by atoms with van der Waals surface area (Å²) in [5.74, 6) is 0. The van der Waals surface area contributed by atoms with Crippen molar-refractivity contribution in [2.75, 3.05) is 36.2 Å². The fourth-order valence-electron chi connectivity index (χ4n) is 2.93. The first-order valence-electron chi connectivity index (χ1n) is 9.33. The molecule has 0 spiro atoms. The third kappa shape index (κ3) is 5.19. The van der Waals surface area contributed by atoms with Gasteiger partial charge in [-0.2, -0.15) is 5.10 Å². The van der Waals surface area contributed by atoms with E-state index in [2.05, 4.69) is 0 Å². The van der Waals surface area contributed by atoms with Crippen molar-refractivity contribution in [2.45, 2.75) is 0 Å². The average Bonchev–Trinajstić information content (AvgIpc) is 2.76. The summed E-state index contributed by atoms with van der Waals surface area (Å²) in [5, 5.41) is 25.0. The normalized spacial score (nSPS) is 10.9. The molecule has 144 valence electrons. The molecular weight excluding hydrogens is 350 g/mol. The van der Waals surface area contributed by atoms with Crippen LogP contribution in [0.2, 0.25) is 0 Å². The van der Waals surface area contributed by atoms with Crippen LogP contribution in [0.5, 0.6) is 0 Å². The predicted molar refractivity (Wildman–Crippen MR) is 115 cm³/mol. The van der Waals surface area contributed by atoms with Gasteiger partial charge in [0.15, 0.2) is 0 Å². The van der Waals surface area contributed by atoms with E-state index in [1.54, 1.807) is 0 Å². The maximum absolute atomic E-state index is 9.19. The van der Waals surface area contributed by atoms with Crippen LogP contribution in [-0.4, -0.2) is 42.7 Å². The molecule has 0 aliphatic carbocycles. The van der Waals surface area contributed by atoms with Crippen LogP contribution in [0.1, 0.15) is 5.56 Å². The zero-order valence-electron chi connectivity index (χ0n) is 15.7. The van der Waals surface area contributed by atoms with E-state index in [1.807, 2.05) is 101 Å². The van der Waals surface area contributed by atoms with E-state index in [0.717, 1.165) is 22.6 Å². The van der Waals surface area contributed by atoms with Gasteiger partial charge in [0, 0.05) is 18.8 Å². The fourth-order valence-corrected chi connectivity index (χ4v) is 2.93. The molecule has 3 rings (SSSR count). The molecule has 3 aromatic rings.